The molecule has 2 unspecified atom stereocenters. The van der Waals surface area contributed by atoms with Crippen LogP contribution in [0.15, 0.2) is 0 Å². The third-order valence-electron chi connectivity index (χ3n) is 2.50. The smallest absolute Gasteiger partial charge is 0.0109 e. The van der Waals surface area contributed by atoms with E-state index in [1.807, 2.05) is 6.92 Å². The summed E-state index contributed by atoms with van der Waals surface area (Å²) in [5.74, 6) is 0.491. The van der Waals surface area contributed by atoms with E-state index in [0.717, 1.165) is 9.64 Å². The van der Waals surface area contributed by atoms with Crippen molar-refractivity contribution >= 4 is 28.3 Å². The average molecular weight is 295 g/mol. The van der Waals surface area contributed by atoms with Gasteiger partial charge in [0, 0.05) is 9.64 Å². The molecular weight excluding hydrogens is 273 g/mol. The molecule has 1 nitrogen and oxygen atoms in total. The summed E-state index contributed by atoms with van der Waals surface area (Å²) in [6.45, 7) is 6.32. The number of alkyl halides is 1. The molecule has 0 aromatic rings. The van der Waals surface area contributed by atoms with Crippen LogP contribution >= 0.6 is 22.6 Å². The van der Waals surface area contributed by atoms with Crippen LogP contribution < -0.4 is 0 Å². The zero-order valence-corrected chi connectivity index (χ0v) is 11.2. The van der Waals surface area contributed by atoms with Gasteiger partial charge in [-0.15, -0.1) is 0 Å². The number of halogens is 1. The van der Waals surface area contributed by atoms with Gasteiger partial charge in [0.1, 0.15) is 0 Å². The maximum absolute atomic E-state index is 7.47. The average Bonchev–Trinajstić information content (AvgIpc) is 2.04. The molecule has 0 saturated carbocycles. The lowest BCUT2D eigenvalue weighted by Gasteiger charge is -2.11. The number of nitrogens with one attached hydrogen (secondary N) is 1. The highest BCUT2D eigenvalue weighted by molar-refractivity contribution is 14.1. The molecule has 0 radical (unpaired) electrons. The van der Waals surface area contributed by atoms with E-state index in [2.05, 4.69) is 36.4 Å². The molecule has 78 valence electrons. The minimum absolute atomic E-state index is 0.491. The van der Waals surface area contributed by atoms with Crippen LogP contribution in [0.3, 0.4) is 0 Å². The van der Waals surface area contributed by atoms with Crippen LogP contribution in [0.1, 0.15) is 52.9 Å². The molecule has 2 atom stereocenters. The fourth-order valence-corrected chi connectivity index (χ4v) is 2.38. The molecule has 0 aromatic heterocycles. The van der Waals surface area contributed by atoms with Gasteiger partial charge in [0.2, 0.25) is 0 Å². The molecule has 1 N–H and O–H groups in total. The van der Waals surface area contributed by atoms with Gasteiger partial charge in [0.15, 0.2) is 0 Å². The summed E-state index contributed by atoms with van der Waals surface area (Å²) in [4.78, 5) is 0. The number of hydrogen-bond acceptors (Lipinski definition) is 1. The molecule has 0 spiro atoms. The van der Waals surface area contributed by atoms with Gasteiger partial charge in [-0.1, -0.05) is 49.3 Å². The molecule has 0 heterocycles. The second-order valence-electron chi connectivity index (χ2n) is 3.90. The second kappa shape index (κ2) is 7.77. The summed E-state index contributed by atoms with van der Waals surface area (Å²) in [5, 5.41) is 7.47. The Balaban J connectivity index is 3.39. The fraction of sp³-hybridized carbons (Fsp3) is 0.909. The largest absolute Gasteiger partial charge is 0.310 e. The minimum atomic E-state index is 0.491. The lowest BCUT2D eigenvalue weighted by atomic mass is 9.98. The lowest BCUT2D eigenvalue weighted by Crippen LogP contribution is -2.06. The first-order valence-electron chi connectivity index (χ1n) is 5.27. The minimum Gasteiger partial charge on any atom is -0.310 e. The molecule has 0 bridgehead atoms. The molecular formula is C11H22IN. The van der Waals surface area contributed by atoms with Gasteiger partial charge in [-0.3, -0.25) is 0 Å². The van der Waals surface area contributed by atoms with Crippen LogP contribution in [-0.2, 0) is 0 Å². The Morgan fingerprint density at radius 1 is 1.31 bits per heavy atom. The molecule has 0 aliphatic rings. The Bertz CT molecular complexity index is 145. The highest BCUT2D eigenvalue weighted by Crippen LogP contribution is 2.18. The van der Waals surface area contributed by atoms with Gasteiger partial charge in [-0.05, 0) is 32.1 Å². The van der Waals surface area contributed by atoms with E-state index < -0.39 is 0 Å². The van der Waals surface area contributed by atoms with E-state index in [1.54, 1.807) is 0 Å². The van der Waals surface area contributed by atoms with Crippen LogP contribution in [0.2, 0.25) is 0 Å². The van der Waals surface area contributed by atoms with Crippen LogP contribution in [0.25, 0.3) is 0 Å². The van der Waals surface area contributed by atoms with E-state index in [9.17, 15) is 0 Å². The monoisotopic (exact) mass is 295 g/mol. The van der Waals surface area contributed by atoms with E-state index in [1.165, 1.54) is 32.1 Å². The van der Waals surface area contributed by atoms with Crippen molar-refractivity contribution in [3.8, 4) is 0 Å². The van der Waals surface area contributed by atoms with Crippen molar-refractivity contribution in [3.05, 3.63) is 0 Å². The predicted octanol–water partition coefficient (Wildman–Crippen LogP) is 4.44. The molecule has 13 heavy (non-hydrogen) atoms. The highest BCUT2D eigenvalue weighted by Gasteiger charge is 2.06. The zero-order valence-electron chi connectivity index (χ0n) is 9.07. The van der Waals surface area contributed by atoms with Crippen molar-refractivity contribution in [2.45, 2.75) is 56.8 Å². The first-order valence-corrected chi connectivity index (χ1v) is 6.51. The molecule has 0 aliphatic carbocycles. The van der Waals surface area contributed by atoms with E-state index >= 15 is 0 Å². The number of rotatable bonds is 7. The highest BCUT2D eigenvalue weighted by atomic mass is 127. The second-order valence-corrected chi connectivity index (χ2v) is 5.66. The molecule has 0 aromatic carbocycles. The van der Waals surface area contributed by atoms with Gasteiger partial charge in [-0.2, -0.15) is 0 Å². The Morgan fingerprint density at radius 2 is 1.92 bits per heavy atom. The standard InChI is InChI=1S/C11H22IN/c1-4-6-11(12)8-5-7-9(2)10(3)13/h9,11,13H,4-8H2,1-3H3. The van der Waals surface area contributed by atoms with Gasteiger partial charge in [0.05, 0.1) is 0 Å². The topological polar surface area (TPSA) is 23.9 Å². The summed E-state index contributed by atoms with van der Waals surface area (Å²) in [6.07, 6.45) is 6.45. The van der Waals surface area contributed by atoms with Gasteiger partial charge in [0.25, 0.3) is 0 Å². The van der Waals surface area contributed by atoms with Crippen LogP contribution in [-0.4, -0.2) is 9.64 Å². The van der Waals surface area contributed by atoms with Crippen molar-refractivity contribution in [2.75, 3.05) is 0 Å². The normalized spacial score (nSPS) is 15.4. The molecule has 0 aliphatic heterocycles. The van der Waals surface area contributed by atoms with Crippen LogP contribution in [0.4, 0.5) is 0 Å². The Kier molecular flexibility index (Phi) is 8.01. The maximum Gasteiger partial charge on any atom is 0.0109 e. The summed E-state index contributed by atoms with van der Waals surface area (Å²) in [5.41, 5.74) is 0.834. The van der Waals surface area contributed by atoms with Gasteiger partial charge in [-0.25, -0.2) is 0 Å². The quantitative estimate of drug-likeness (QED) is 0.408. The Hall–Kier alpha value is 0.400. The Labute approximate surface area is 96.3 Å². The first-order chi connectivity index (χ1) is 6.07. The van der Waals surface area contributed by atoms with E-state index in [-0.39, 0.29) is 0 Å². The predicted molar refractivity (Wildman–Crippen MR) is 69.1 cm³/mol. The molecule has 0 fully saturated rings. The van der Waals surface area contributed by atoms with Crippen LogP contribution in [0.5, 0.6) is 0 Å². The molecule has 2 heteroatoms. The lowest BCUT2D eigenvalue weighted by molar-refractivity contribution is 0.581. The van der Waals surface area contributed by atoms with Crippen LogP contribution in [0, 0.1) is 11.3 Å². The van der Waals surface area contributed by atoms with Gasteiger partial charge >= 0.3 is 0 Å². The van der Waals surface area contributed by atoms with Crippen molar-refractivity contribution in [1.82, 2.24) is 0 Å². The van der Waals surface area contributed by atoms with Crippen molar-refractivity contribution < 1.29 is 0 Å². The molecule has 0 amide bonds. The zero-order chi connectivity index (χ0) is 10.3. The third-order valence-corrected chi connectivity index (χ3v) is 3.74. The van der Waals surface area contributed by atoms with Crippen molar-refractivity contribution in [3.63, 3.8) is 0 Å². The summed E-state index contributed by atoms with van der Waals surface area (Å²) in [6, 6.07) is 0. The summed E-state index contributed by atoms with van der Waals surface area (Å²) in [7, 11) is 0. The van der Waals surface area contributed by atoms with Crippen molar-refractivity contribution in [2.24, 2.45) is 5.92 Å². The maximum atomic E-state index is 7.47. The SMILES string of the molecule is CCCC(I)CCCC(C)C(C)=N. The summed E-state index contributed by atoms with van der Waals surface area (Å²) < 4.78 is 0.848. The first kappa shape index (κ1) is 13.4. The van der Waals surface area contributed by atoms with E-state index in [4.69, 9.17) is 5.41 Å². The summed E-state index contributed by atoms with van der Waals surface area (Å²) >= 11 is 2.55. The van der Waals surface area contributed by atoms with E-state index in [0.29, 0.717) is 5.92 Å². The third kappa shape index (κ3) is 7.47. The van der Waals surface area contributed by atoms with Crippen molar-refractivity contribution in [1.29, 1.82) is 5.41 Å². The fourth-order valence-electron chi connectivity index (χ4n) is 1.32. The Morgan fingerprint density at radius 3 is 2.38 bits per heavy atom. The van der Waals surface area contributed by atoms with Gasteiger partial charge < -0.3 is 5.41 Å². The molecule has 0 rings (SSSR count). The molecule has 0 saturated heterocycles. The number of hydrogen-bond donors (Lipinski definition) is 1.